The van der Waals surface area contributed by atoms with Crippen LogP contribution >= 0.6 is 11.6 Å². The molecule has 41 heavy (non-hydrogen) atoms. The lowest BCUT2D eigenvalue weighted by atomic mass is 9.81. The van der Waals surface area contributed by atoms with E-state index in [4.69, 9.17) is 11.6 Å². The normalized spacial score (nSPS) is 23.4. The van der Waals surface area contributed by atoms with Gasteiger partial charge in [-0.3, -0.25) is 9.59 Å². The second-order valence-electron chi connectivity index (χ2n) is 11.2. The van der Waals surface area contributed by atoms with E-state index in [0.29, 0.717) is 36.0 Å². The van der Waals surface area contributed by atoms with Crippen LogP contribution in [-0.2, 0) is 11.0 Å². The van der Waals surface area contributed by atoms with Gasteiger partial charge in [-0.05, 0) is 74.4 Å². The van der Waals surface area contributed by atoms with Crippen LogP contribution in [0.5, 0.6) is 0 Å². The molecule has 0 spiro atoms. The topological polar surface area (TPSA) is 61.4 Å². The number of carbonyl (C=O) groups is 2. The second kappa shape index (κ2) is 12.4. The number of anilines is 1. The first-order valence-electron chi connectivity index (χ1n) is 14.3. The summed E-state index contributed by atoms with van der Waals surface area (Å²) in [4.78, 5) is 29.2. The number of hydrogen-bond donors (Lipinski definition) is 2. The highest BCUT2D eigenvalue weighted by molar-refractivity contribution is 6.33. The SMILES string of the molecule is Cc1ccc(NC(=O)C2CCCN(C(=O)c3ccccc3Cl)[C@H]2C2=CCC(NC3CCCC3)C=C2)cc1C(F)(F)F. The lowest BCUT2D eigenvalue weighted by molar-refractivity contribution is -0.138. The zero-order valence-electron chi connectivity index (χ0n) is 23.0. The summed E-state index contributed by atoms with van der Waals surface area (Å²) in [6.07, 6.45) is 8.26. The zero-order valence-corrected chi connectivity index (χ0v) is 23.8. The predicted molar refractivity (Wildman–Crippen MR) is 155 cm³/mol. The molecule has 2 N–H and O–H groups in total. The number of rotatable bonds is 6. The maximum atomic E-state index is 13.8. The van der Waals surface area contributed by atoms with Crippen molar-refractivity contribution >= 4 is 29.1 Å². The third-order valence-corrected chi connectivity index (χ3v) is 8.75. The zero-order chi connectivity index (χ0) is 29.1. The number of halogens is 4. The molecule has 2 aliphatic carbocycles. The van der Waals surface area contributed by atoms with Crippen molar-refractivity contribution < 1.29 is 22.8 Å². The van der Waals surface area contributed by atoms with Crippen molar-refractivity contribution in [3.8, 4) is 0 Å². The summed E-state index contributed by atoms with van der Waals surface area (Å²) in [5.41, 5.74) is 0.588. The Labute approximate surface area is 243 Å². The molecule has 1 aliphatic heterocycles. The summed E-state index contributed by atoms with van der Waals surface area (Å²) in [5, 5.41) is 6.75. The van der Waals surface area contributed by atoms with Crippen molar-refractivity contribution in [3.05, 3.63) is 88.0 Å². The molecular formula is C32H35ClF3N3O2. The molecule has 1 heterocycles. The number of benzene rings is 2. The van der Waals surface area contributed by atoms with E-state index in [-0.39, 0.29) is 23.2 Å². The fourth-order valence-corrected chi connectivity index (χ4v) is 6.53. The van der Waals surface area contributed by atoms with Gasteiger partial charge in [-0.25, -0.2) is 0 Å². The number of alkyl halides is 3. The Morgan fingerprint density at radius 2 is 1.78 bits per heavy atom. The molecule has 3 aliphatic rings. The molecule has 5 rings (SSSR count). The molecule has 1 saturated carbocycles. The molecule has 5 nitrogen and oxygen atoms in total. The Balaban J connectivity index is 1.42. The smallest absolute Gasteiger partial charge is 0.331 e. The van der Waals surface area contributed by atoms with Crippen LogP contribution in [0.15, 0.2) is 66.3 Å². The monoisotopic (exact) mass is 585 g/mol. The Kier molecular flexibility index (Phi) is 8.90. The van der Waals surface area contributed by atoms with E-state index < -0.39 is 29.6 Å². The van der Waals surface area contributed by atoms with Gasteiger partial charge in [0.15, 0.2) is 0 Å². The maximum absolute atomic E-state index is 13.8. The first-order valence-corrected chi connectivity index (χ1v) is 14.7. The summed E-state index contributed by atoms with van der Waals surface area (Å²) in [6.45, 7) is 1.83. The molecule has 2 amide bonds. The highest BCUT2D eigenvalue weighted by Crippen LogP contribution is 2.36. The van der Waals surface area contributed by atoms with E-state index in [9.17, 15) is 22.8 Å². The average Bonchev–Trinajstić information content (AvgIpc) is 3.46. The van der Waals surface area contributed by atoms with E-state index in [0.717, 1.165) is 18.1 Å². The lowest BCUT2D eigenvalue weighted by Crippen LogP contribution is -2.53. The molecule has 9 heteroatoms. The average molecular weight is 586 g/mol. The molecule has 2 aromatic carbocycles. The van der Waals surface area contributed by atoms with E-state index in [1.807, 2.05) is 6.08 Å². The van der Waals surface area contributed by atoms with Crippen LogP contribution in [0.25, 0.3) is 0 Å². The van der Waals surface area contributed by atoms with Gasteiger partial charge in [0.05, 0.1) is 28.1 Å². The minimum Gasteiger partial charge on any atom is -0.331 e. The van der Waals surface area contributed by atoms with Gasteiger partial charge < -0.3 is 15.5 Å². The van der Waals surface area contributed by atoms with Crippen LogP contribution in [0.1, 0.15) is 66.4 Å². The fourth-order valence-electron chi connectivity index (χ4n) is 6.31. The standard InChI is InChI=1S/C32H35ClF3N3O2/c1-20-12-15-24(19-27(20)32(34,35)36)38-30(40)26-10-6-18-39(31(41)25-9-4-5-11-28(25)33)29(26)21-13-16-23(17-14-21)37-22-7-2-3-8-22/h4-5,9,11-16,19,22-23,26,29,37H,2-3,6-8,10,17-18H2,1H3,(H,38,40)/t23?,26?,29-/m0/s1. The van der Waals surface area contributed by atoms with Gasteiger partial charge in [-0.2, -0.15) is 13.2 Å². The number of carbonyl (C=O) groups excluding carboxylic acids is 2. The van der Waals surface area contributed by atoms with Crippen LogP contribution in [0.3, 0.4) is 0 Å². The van der Waals surface area contributed by atoms with Crippen molar-refractivity contribution in [2.24, 2.45) is 5.92 Å². The third kappa shape index (κ3) is 6.70. The van der Waals surface area contributed by atoms with Crippen molar-refractivity contribution in [2.45, 2.75) is 76.2 Å². The van der Waals surface area contributed by atoms with Gasteiger partial charge in [0.2, 0.25) is 5.91 Å². The van der Waals surface area contributed by atoms with Gasteiger partial charge in [0.25, 0.3) is 5.91 Å². The highest BCUT2D eigenvalue weighted by atomic mass is 35.5. The molecule has 0 aromatic heterocycles. The van der Waals surface area contributed by atoms with Gasteiger partial charge in [-0.1, -0.05) is 60.9 Å². The summed E-state index contributed by atoms with van der Waals surface area (Å²) in [7, 11) is 0. The number of piperidine rings is 1. The van der Waals surface area contributed by atoms with E-state index in [1.54, 1.807) is 29.2 Å². The lowest BCUT2D eigenvalue weighted by Gasteiger charge is -2.42. The molecule has 2 aromatic rings. The predicted octanol–water partition coefficient (Wildman–Crippen LogP) is 7.31. The van der Waals surface area contributed by atoms with Crippen LogP contribution < -0.4 is 10.6 Å². The summed E-state index contributed by atoms with van der Waals surface area (Å²) >= 11 is 6.39. The molecular weight excluding hydrogens is 551 g/mol. The maximum Gasteiger partial charge on any atom is 0.416 e. The van der Waals surface area contributed by atoms with Crippen LogP contribution in [0.2, 0.25) is 5.02 Å². The number of likely N-dealkylation sites (tertiary alicyclic amines) is 1. The molecule has 1 saturated heterocycles. The minimum absolute atomic E-state index is 0.0789. The minimum atomic E-state index is -4.53. The quantitative estimate of drug-likeness (QED) is 0.374. The summed E-state index contributed by atoms with van der Waals surface area (Å²) in [6, 6.07) is 10.7. The van der Waals surface area contributed by atoms with Crippen molar-refractivity contribution in [2.75, 3.05) is 11.9 Å². The molecule has 218 valence electrons. The van der Waals surface area contributed by atoms with Crippen LogP contribution in [0.4, 0.5) is 18.9 Å². The number of nitrogens with zero attached hydrogens (tertiary/aromatic N) is 1. The Bertz CT molecular complexity index is 1350. The molecule has 0 radical (unpaired) electrons. The first kappa shape index (κ1) is 29.4. The highest BCUT2D eigenvalue weighted by Gasteiger charge is 2.41. The van der Waals surface area contributed by atoms with Gasteiger partial charge in [0.1, 0.15) is 0 Å². The van der Waals surface area contributed by atoms with Gasteiger partial charge in [-0.15, -0.1) is 0 Å². The molecule has 2 unspecified atom stereocenters. The molecule has 3 atom stereocenters. The van der Waals surface area contributed by atoms with Crippen LogP contribution in [0, 0.1) is 12.8 Å². The van der Waals surface area contributed by atoms with E-state index in [1.165, 1.54) is 44.7 Å². The number of nitrogens with one attached hydrogen (secondary N) is 2. The molecule has 0 bridgehead atoms. The largest absolute Gasteiger partial charge is 0.416 e. The van der Waals surface area contributed by atoms with Gasteiger partial charge in [0, 0.05) is 24.3 Å². The summed E-state index contributed by atoms with van der Waals surface area (Å²) < 4.78 is 40.6. The number of hydrogen-bond acceptors (Lipinski definition) is 3. The number of amides is 2. The van der Waals surface area contributed by atoms with Crippen molar-refractivity contribution in [1.29, 1.82) is 0 Å². The van der Waals surface area contributed by atoms with E-state index >= 15 is 0 Å². The number of aryl methyl sites for hydroxylation is 1. The first-order chi connectivity index (χ1) is 19.6. The second-order valence-corrected chi connectivity index (χ2v) is 11.6. The molecule has 2 fully saturated rings. The summed E-state index contributed by atoms with van der Waals surface area (Å²) in [5.74, 6) is -1.33. The Morgan fingerprint density at radius 1 is 1.02 bits per heavy atom. The van der Waals surface area contributed by atoms with Crippen molar-refractivity contribution in [3.63, 3.8) is 0 Å². The van der Waals surface area contributed by atoms with Gasteiger partial charge >= 0.3 is 6.18 Å². The van der Waals surface area contributed by atoms with E-state index in [2.05, 4.69) is 22.8 Å². The third-order valence-electron chi connectivity index (χ3n) is 8.42. The Morgan fingerprint density at radius 3 is 2.46 bits per heavy atom. The fraction of sp³-hybridized carbons (Fsp3) is 0.438. The van der Waals surface area contributed by atoms with Crippen molar-refractivity contribution in [1.82, 2.24) is 10.2 Å². The Hall–Kier alpha value is -3.10. The van der Waals surface area contributed by atoms with Crippen LogP contribution in [-0.4, -0.2) is 41.4 Å².